The SMILES string of the molecule is CCCNC(CCC)c1cccnc1. The van der Waals surface area contributed by atoms with Gasteiger partial charge in [-0.2, -0.15) is 0 Å². The molecule has 0 radical (unpaired) electrons. The first-order valence-corrected chi connectivity index (χ1v) is 5.51. The number of pyridine rings is 1. The van der Waals surface area contributed by atoms with Crippen LogP contribution < -0.4 is 5.32 Å². The van der Waals surface area contributed by atoms with Crippen molar-refractivity contribution in [1.29, 1.82) is 0 Å². The summed E-state index contributed by atoms with van der Waals surface area (Å²) in [5.74, 6) is 0. The molecule has 0 aliphatic rings. The zero-order valence-electron chi connectivity index (χ0n) is 9.16. The van der Waals surface area contributed by atoms with E-state index in [9.17, 15) is 0 Å². The molecule has 1 heterocycles. The molecular formula is C12H20N2. The third kappa shape index (κ3) is 3.46. The Labute approximate surface area is 86.8 Å². The van der Waals surface area contributed by atoms with E-state index in [-0.39, 0.29) is 0 Å². The maximum atomic E-state index is 4.16. The molecule has 1 rings (SSSR count). The quantitative estimate of drug-likeness (QED) is 0.749. The van der Waals surface area contributed by atoms with Crippen molar-refractivity contribution in [3.05, 3.63) is 30.1 Å². The van der Waals surface area contributed by atoms with Crippen LogP contribution in [0.2, 0.25) is 0 Å². The van der Waals surface area contributed by atoms with E-state index in [4.69, 9.17) is 0 Å². The number of nitrogens with zero attached hydrogens (tertiary/aromatic N) is 1. The van der Waals surface area contributed by atoms with Gasteiger partial charge in [0.2, 0.25) is 0 Å². The highest BCUT2D eigenvalue weighted by atomic mass is 14.9. The predicted molar refractivity (Wildman–Crippen MR) is 60.2 cm³/mol. The lowest BCUT2D eigenvalue weighted by molar-refractivity contribution is 0.493. The largest absolute Gasteiger partial charge is 0.310 e. The highest BCUT2D eigenvalue weighted by Gasteiger charge is 2.08. The molecule has 14 heavy (non-hydrogen) atoms. The molecule has 0 fully saturated rings. The average molecular weight is 192 g/mol. The summed E-state index contributed by atoms with van der Waals surface area (Å²) >= 11 is 0. The van der Waals surface area contributed by atoms with E-state index in [0.29, 0.717) is 6.04 Å². The second-order valence-electron chi connectivity index (χ2n) is 3.58. The lowest BCUT2D eigenvalue weighted by Gasteiger charge is -2.17. The van der Waals surface area contributed by atoms with Crippen molar-refractivity contribution < 1.29 is 0 Å². The van der Waals surface area contributed by atoms with Gasteiger partial charge in [0.1, 0.15) is 0 Å². The molecule has 1 atom stereocenters. The molecule has 0 aromatic carbocycles. The van der Waals surface area contributed by atoms with Gasteiger partial charge in [0.25, 0.3) is 0 Å². The van der Waals surface area contributed by atoms with Gasteiger partial charge in [0.05, 0.1) is 0 Å². The van der Waals surface area contributed by atoms with Gasteiger partial charge in [-0.25, -0.2) is 0 Å². The number of nitrogens with one attached hydrogen (secondary N) is 1. The highest BCUT2D eigenvalue weighted by Crippen LogP contribution is 2.16. The Kier molecular flexibility index (Phi) is 5.23. The second kappa shape index (κ2) is 6.55. The lowest BCUT2D eigenvalue weighted by Crippen LogP contribution is -2.22. The van der Waals surface area contributed by atoms with Crippen molar-refractivity contribution in [2.45, 2.75) is 39.2 Å². The molecule has 78 valence electrons. The number of hydrogen-bond donors (Lipinski definition) is 1. The van der Waals surface area contributed by atoms with E-state index in [2.05, 4.69) is 30.2 Å². The minimum atomic E-state index is 0.480. The summed E-state index contributed by atoms with van der Waals surface area (Å²) in [6.07, 6.45) is 7.36. The van der Waals surface area contributed by atoms with Crippen molar-refractivity contribution >= 4 is 0 Å². The van der Waals surface area contributed by atoms with Gasteiger partial charge in [-0.3, -0.25) is 4.98 Å². The van der Waals surface area contributed by atoms with Gasteiger partial charge >= 0.3 is 0 Å². The lowest BCUT2D eigenvalue weighted by atomic mass is 10.0. The maximum Gasteiger partial charge on any atom is 0.0335 e. The number of hydrogen-bond acceptors (Lipinski definition) is 2. The Hall–Kier alpha value is -0.890. The first kappa shape index (κ1) is 11.2. The first-order valence-electron chi connectivity index (χ1n) is 5.51. The molecule has 2 nitrogen and oxygen atoms in total. The molecule has 0 saturated carbocycles. The molecule has 0 bridgehead atoms. The average Bonchev–Trinajstić information content (AvgIpc) is 2.25. The second-order valence-corrected chi connectivity index (χ2v) is 3.58. The molecular weight excluding hydrogens is 172 g/mol. The van der Waals surface area contributed by atoms with Crippen LogP contribution in [0.15, 0.2) is 24.5 Å². The molecule has 1 aromatic rings. The molecule has 0 amide bonds. The zero-order valence-corrected chi connectivity index (χ0v) is 9.16. The molecule has 1 unspecified atom stereocenters. The van der Waals surface area contributed by atoms with Crippen LogP contribution in [0.3, 0.4) is 0 Å². The Morgan fingerprint density at radius 2 is 2.21 bits per heavy atom. The van der Waals surface area contributed by atoms with Crippen LogP contribution in [-0.4, -0.2) is 11.5 Å². The Balaban J connectivity index is 2.58. The van der Waals surface area contributed by atoms with Crippen LogP contribution in [0, 0.1) is 0 Å². The van der Waals surface area contributed by atoms with Crippen LogP contribution in [0.5, 0.6) is 0 Å². The van der Waals surface area contributed by atoms with Crippen LogP contribution in [0.4, 0.5) is 0 Å². The smallest absolute Gasteiger partial charge is 0.0335 e. The van der Waals surface area contributed by atoms with Crippen LogP contribution >= 0.6 is 0 Å². The summed E-state index contributed by atoms with van der Waals surface area (Å²) in [4.78, 5) is 4.16. The van der Waals surface area contributed by atoms with Gasteiger partial charge in [0, 0.05) is 18.4 Å². The van der Waals surface area contributed by atoms with Crippen molar-refractivity contribution in [2.24, 2.45) is 0 Å². The third-order valence-corrected chi connectivity index (χ3v) is 2.30. The highest BCUT2D eigenvalue weighted by molar-refractivity contribution is 5.13. The fourth-order valence-electron chi connectivity index (χ4n) is 1.58. The third-order valence-electron chi connectivity index (χ3n) is 2.30. The predicted octanol–water partition coefficient (Wildman–Crippen LogP) is 2.92. The summed E-state index contributed by atoms with van der Waals surface area (Å²) in [5, 5.41) is 3.55. The van der Waals surface area contributed by atoms with Gasteiger partial charge in [0.15, 0.2) is 0 Å². The molecule has 0 aliphatic heterocycles. The van der Waals surface area contributed by atoms with Crippen molar-refractivity contribution in [2.75, 3.05) is 6.54 Å². The van der Waals surface area contributed by atoms with Crippen LogP contribution in [-0.2, 0) is 0 Å². The molecule has 0 spiro atoms. The van der Waals surface area contributed by atoms with E-state index < -0.39 is 0 Å². The maximum absolute atomic E-state index is 4.16. The van der Waals surface area contributed by atoms with E-state index in [1.165, 1.54) is 24.8 Å². The summed E-state index contributed by atoms with van der Waals surface area (Å²) in [6.45, 7) is 5.50. The summed E-state index contributed by atoms with van der Waals surface area (Å²) in [7, 11) is 0. The van der Waals surface area contributed by atoms with Crippen molar-refractivity contribution in [3.63, 3.8) is 0 Å². The first-order chi connectivity index (χ1) is 6.88. The minimum Gasteiger partial charge on any atom is -0.310 e. The molecule has 2 heteroatoms. The number of aromatic nitrogens is 1. The fourth-order valence-corrected chi connectivity index (χ4v) is 1.58. The molecule has 1 aromatic heterocycles. The topological polar surface area (TPSA) is 24.9 Å². The Morgan fingerprint density at radius 1 is 1.36 bits per heavy atom. The Morgan fingerprint density at radius 3 is 2.79 bits per heavy atom. The van der Waals surface area contributed by atoms with Crippen molar-refractivity contribution in [1.82, 2.24) is 10.3 Å². The minimum absolute atomic E-state index is 0.480. The van der Waals surface area contributed by atoms with Gasteiger partial charge in [-0.15, -0.1) is 0 Å². The number of rotatable bonds is 6. The fraction of sp³-hybridized carbons (Fsp3) is 0.583. The monoisotopic (exact) mass is 192 g/mol. The van der Waals surface area contributed by atoms with E-state index >= 15 is 0 Å². The standard InChI is InChI=1S/C12H20N2/c1-3-6-12(14-8-4-2)11-7-5-9-13-10-11/h5,7,9-10,12,14H,3-4,6,8H2,1-2H3. The van der Waals surface area contributed by atoms with Crippen LogP contribution in [0.1, 0.15) is 44.7 Å². The van der Waals surface area contributed by atoms with E-state index in [0.717, 1.165) is 6.54 Å². The molecule has 0 aliphatic carbocycles. The summed E-state index contributed by atoms with van der Waals surface area (Å²) in [6, 6.07) is 4.63. The van der Waals surface area contributed by atoms with Gasteiger partial charge in [-0.05, 0) is 31.0 Å². The summed E-state index contributed by atoms with van der Waals surface area (Å²) in [5.41, 5.74) is 1.31. The molecule has 0 saturated heterocycles. The molecule has 1 N–H and O–H groups in total. The van der Waals surface area contributed by atoms with Gasteiger partial charge in [-0.1, -0.05) is 26.3 Å². The normalized spacial score (nSPS) is 12.7. The van der Waals surface area contributed by atoms with E-state index in [1.807, 2.05) is 18.5 Å². The Bertz CT molecular complexity index is 233. The van der Waals surface area contributed by atoms with Gasteiger partial charge < -0.3 is 5.32 Å². The zero-order chi connectivity index (χ0) is 10.2. The van der Waals surface area contributed by atoms with E-state index in [1.54, 1.807) is 0 Å². The summed E-state index contributed by atoms with van der Waals surface area (Å²) < 4.78 is 0. The van der Waals surface area contributed by atoms with Crippen molar-refractivity contribution in [3.8, 4) is 0 Å². The van der Waals surface area contributed by atoms with Crippen LogP contribution in [0.25, 0.3) is 0 Å².